The van der Waals surface area contributed by atoms with Crippen LogP contribution in [0.25, 0.3) is 0 Å². The minimum Gasteiger partial charge on any atom is -0.484 e. The van der Waals surface area contributed by atoms with E-state index in [1.807, 2.05) is 18.2 Å². The van der Waals surface area contributed by atoms with Gasteiger partial charge in [0.05, 0.1) is 17.0 Å². The third-order valence-corrected chi connectivity index (χ3v) is 5.47. The number of hydrogen-bond donors (Lipinski definition) is 3. The Bertz CT molecular complexity index is 946. The number of aliphatic hydroxyl groups is 1. The van der Waals surface area contributed by atoms with Gasteiger partial charge in [0.2, 0.25) is 5.91 Å². The number of anilines is 1. The van der Waals surface area contributed by atoms with Gasteiger partial charge < -0.3 is 20.5 Å². The maximum Gasteiger partial charge on any atom is 0.296 e. The van der Waals surface area contributed by atoms with Crippen molar-refractivity contribution in [3.8, 4) is 5.75 Å². The van der Waals surface area contributed by atoms with E-state index < -0.39 is 28.6 Å². The molecule has 1 amide bonds. The highest BCUT2D eigenvalue weighted by Gasteiger charge is 2.43. The van der Waals surface area contributed by atoms with Crippen LogP contribution in [0.1, 0.15) is 50.8 Å². The van der Waals surface area contributed by atoms with E-state index in [4.69, 9.17) is 4.74 Å². The molecule has 8 heteroatoms. The molecule has 8 nitrogen and oxygen atoms in total. The number of aryl methyl sites for hydroxylation is 1. The minimum atomic E-state index is -0.932. The maximum atomic E-state index is 11.5. The van der Waals surface area contributed by atoms with Gasteiger partial charge in [-0.25, -0.2) is 0 Å². The molecule has 0 radical (unpaired) electrons. The number of nitro groups is 1. The molecule has 166 valence electrons. The second kappa shape index (κ2) is 9.45. The minimum absolute atomic E-state index is 0.0858. The van der Waals surface area contributed by atoms with Crippen LogP contribution in [0.5, 0.6) is 5.75 Å². The standard InChI is InChI=1S/C23H29N3O5/c1-15(27)25-18-13-17-20(14-19(18)26(29)30)31-23(2,3)22(28)21(17)24-12-8-7-11-16-9-5-4-6-10-16/h4-6,9-10,13-14,21-22,24,28H,7-8,11-12H2,1-3H3,(H,25,27)/t21-,22+/m1/s1. The summed E-state index contributed by atoms with van der Waals surface area (Å²) in [7, 11) is 0. The SMILES string of the molecule is CC(=O)Nc1cc2c(cc1[N+](=O)[O-])OC(C)(C)[C@@H](O)[C@@H]2NCCCCc1ccccc1. The average Bonchev–Trinajstić information content (AvgIpc) is 2.70. The van der Waals surface area contributed by atoms with Gasteiger partial charge in [-0.3, -0.25) is 14.9 Å². The number of benzene rings is 2. The summed E-state index contributed by atoms with van der Waals surface area (Å²) in [5, 5.41) is 28.3. The predicted octanol–water partition coefficient (Wildman–Crippen LogP) is 3.74. The van der Waals surface area contributed by atoms with E-state index >= 15 is 0 Å². The highest BCUT2D eigenvalue weighted by atomic mass is 16.6. The third-order valence-electron chi connectivity index (χ3n) is 5.47. The number of nitrogens with one attached hydrogen (secondary N) is 2. The number of unbranched alkanes of at least 4 members (excludes halogenated alkanes) is 1. The number of hydrogen-bond acceptors (Lipinski definition) is 6. The molecule has 2 atom stereocenters. The van der Waals surface area contributed by atoms with E-state index in [0.717, 1.165) is 19.3 Å². The van der Waals surface area contributed by atoms with Crippen molar-refractivity contribution in [2.75, 3.05) is 11.9 Å². The Morgan fingerprint density at radius 3 is 2.58 bits per heavy atom. The van der Waals surface area contributed by atoms with Gasteiger partial charge >= 0.3 is 0 Å². The van der Waals surface area contributed by atoms with E-state index in [-0.39, 0.29) is 11.4 Å². The summed E-state index contributed by atoms with van der Waals surface area (Å²) >= 11 is 0. The zero-order valence-corrected chi connectivity index (χ0v) is 18.1. The Hall–Kier alpha value is -2.97. The van der Waals surface area contributed by atoms with Gasteiger partial charge in [0, 0.05) is 12.5 Å². The Morgan fingerprint density at radius 2 is 1.94 bits per heavy atom. The summed E-state index contributed by atoms with van der Waals surface area (Å²) in [6, 6.07) is 12.6. The molecular formula is C23H29N3O5. The van der Waals surface area contributed by atoms with Crippen molar-refractivity contribution < 1.29 is 19.6 Å². The first-order valence-electron chi connectivity index (χ1n) is 10.4. The molecule has 0 aromatic heterocycles. The lowest BCUT2D eigenvalue weighted by atomic mass is 9.86. The van der Waals surface area contributed by atoms with Gasteiger partial charge in [-0.15, -0.1) is 0 Å². The average molecular weight is 428 g/mol. The Balaban J connectivity index is 1.78. The van der Waals surface area contributed by atoms with E-state index in [2.05, 4.69) is 22.8 Å². The van der Waals surface area contributed by atoms with Gasteiger partial charge in [-0.05, 0) is 51.3 Å². The van der Waals surface area contributed by atoms with Gasteiger partial charge in [-0.1, -0.05) is 30.3 Å². The molecular weight excluding hydrogens is 398 g/mol. The first kappa shape index (κ1) is 22.7. The van der Waals surface area contributed by atoms with Gasteiger partial charge in [-0.2, -0.15) is 0 Å². The molecule has 2 aromatic rings. The molecule has 0 unspecified atom stereocenters. The largest absolute Gasteiger partial charge is 0.484 e. The second-order valence-corrected chi connectivity index (χ2v) is 8.37. The Kier molecular flexibility index (Phi) is 6.92. The lowest BCUT2D eigenvalue weighted by molar-refractivity contribution is -0.384. The first-order chi connectivity index (χ1) is 14.7. The Labute approximate surface area is 181 Å². The van der Waals surface area contributed by atoms with Crippen molar-refractivity contribution in [2.45, 2.75) is 57.8 Å². The lowest BCUT2D eigenvalue weighted by Crippen LogP contribution is -2.52. The number of carbonyl (C=O) groups excluding carboxylic acids is 1. The molecule has 0 saturated carbocycles. The van der Waals surface area contributed by atoms with Crippen molar-refractivity contribution in [1.82, 2.24) is 5.32 Å². The fourth-order valence-corrected chi connectivity index (χ4v) is 3.85. The predicted molar refractivity (Wildman–Crippen MR) is 118 cm³/mol. The number of rotatable bonds is 8. The van der Waals surface area contributed by atoms with Crippen molar-refractivity contribution in [3.05, 3.63) is 63.7 Å². The van der Waals surface area contributed by atoms with Crippen molar-refractivity contribution in [3.63, 3.8) is 0 Å². The van der Waals surface area contributed by atoms with Gasteiger partial charge in [0.25, 0.3) is 5.69 Å². The zero-order chi connectivity index (χ0) is 22.6. The molecule has 31 heavy (non-hydrogen) atoms. The molecule has 1 aliphatic rings. The molecule has 1 aliphatic heterocycles. The number of carbonyl (C=O) groups is 1. The number of aliphatic hydroxyl groups excluding tert-OH is 1. The fraction of sp³-hybridized carbons (Fsp3) is 0.435. The number of ether oxygens (including phenoxy) is 1. The molecule has 3 rings (SSSR count). The van der Waals surface area contributed by atoms with E-state index in [1.165, 1.54) is 24.6 Å². The quantitative estimate of drug-likeness (QED) is 0.336. The van der Waals surface area contributed by atoms with Crippen molar-refractivity contribution in [1.29, 1.82) is 0 Å². The molecule has 0 saturated heterocycles. The van der Waals surface area contributed by atoms with Gasteiger partial charge in [0.15, 0.2) is 0 Å². The molecule has 0 bridgehead atoms. The van der Waals surface area contributed by atoms with E-state index in [1.54, 1.807) is 13.8 Å². The highest BCUT2D eigenvalue weighted by molar-refractivity contribution is 5.91. The number of nitro benzene ring substituents is 1. The summed E-state index contributed by atoms with van der Waals surface area (Å²) < 4.78 is 5.89. The zero-order valence-electron chi connectivity index (χ0n) is 18.1. The van der Waals surface area contributed by atoms with Crippen molar-refractivity contribution >= 4 is 17.3 Å². The smallest absolute Gasteiger partial charge is 0.296 e. The molecule has 3 N–H and O–H groups in total. The first-order valence-corrected chi connectivity index (χ1v) is 10.4. The third kappa shape index (κ3) is 5.39. The van der Waals surface area contributed by atoms with Crippen molar-refractivity contribution in [2.24, 2.45) is 0 Å². The molecule has 2 aromatic carbocycles. The molecule has 0 aliphatic carbocycles. The number of nitrogens with zero attached hydrogens (tertiary/aromatic N) is 1. The van der Waals surface area contributed by atoms with Crippen LogP contribution in [0.15, 0.2) is 42.5 Å². The van der Waals surface area contributed by atoms with Gasteiger partial charge in [0.1, 0.15) is 23.1 Å². The van der Waals surface area contributed by atoms with Crippen LogP contribution in [-0.4, -0.2) is 34.2 Å². The monoisotopic (exact) mass is 427 g/mol. The lowest BCUT2D eigenvalue weighted by Gasteiger charge is -2.42. The van der Waals surface area contributed by atoms with Crippen LogP contribution in [0.2, 0.25) is 0 Å². The highest BCUT2D eigenvalue weighted by Crippen LogP contribution is 2.44. The summed E-state index contributed by atoms with van der Waals surface area (Å²) in [5.74, 6) is -0.0797. The molecule has 0 fully saturated rings. The Morgan fingerprint density at radius 1 is 1.23 bits per heavy atom. The van der Waals surface area contributed by atoms with E-state index in [0.29, 0.717) is 17.9 Å². The second-order valence-electron chi connectivity index (χ2n) is 8.37. The van der Waals surface area contributed by atoms with Crippen LogP contribution in [0, 0.1) is 10.1 Å². The number of amides is 1. The fourth-order valence-electron chi connectivity index (χ4n) is 3.85. The van der Waals surface area contributed by atoms with Crippen LogP contribution in [0.3, 0.4) is 0 Å². The molecule has 0 spiro atoms. The summed E-state index contributed by atoms with van der Waals surface area (Å²) in [6.45, 7) is 5.45. The summed E-state index contributed by atoms with van der Waals surface area (Å²) in [5.41, 5.74) is 0.778. The number of fused-ring (bicyclic) bond motifs is 1. The van der Waals surface area contributed by atoms with E-state index in [9.17, 15) is 20.0 Å². The molecule has 1 heterocycles. The van der Waals surface area contributed by atoms with Crippen LogP contribution in [-0.2, 0) is 11.2 Å². The summed E-state index contributed by atoms with van der Waals surface area (Å²) in [6.07, 6.45) is 1.99. The normalized spacial score (nSPS) is 19.2. The van der Waals surface area contributed by atoms with Crippen LogP contribution >= 0.6 is 0 Å². The maximum absolute atomic E-state index is 11.5. The van der Waals surface area contributed by atoms with Crippen LogP contribution < -0.4 is 15.4 Å². The topological polar surface area (TPSA) is 114 Å². The van der Waals surface area contributed by atoms with Crippen LogP contribution in [0.4, 0.5) is 11.4 Å². The summed E-state index contributed by atoms with van der Waals surface area (Å²) in [4.78, 5) is 22.5.